The first-order valence-corrected chi connectivity index (χ1v) is 9.08. The Morgan fingerprint density at radius 2 is 1.43 bits per heavy atom. The van der Waals surface area contributed by atoms with E-state index in [4.69, 9.17) is 0 Å². The topological polar surface area (TPSA) is 0 Å². The molecule has 0 amide bonds. The number of allylic oxidation sites excluding steroid dienone is 2. The minimum absolute atomic E-state index is 0.113. The van der Waals surface area contributed by atoms with E-state index in [0.717, 1.165) is 0 Å². The zero-order valence-corrected chi connectivity index (χ0v) is 16.7. The molecule has 23 heavy (non-hydrogen) atoms. The molecule has 0 radical (unpaired) electrons. The van der Waals surface area contributed by atoms with Gasteiger partial charge in [-0.05, 0) is 35.7 Å². The molecule has 0 spiro atoms. The lowest BCUT2D eigenvalue weighted by molar-refractivity contribution is -0.0260. The van der Waals surface area contributed by atoms with Crippen molar-refractivity contribution in [1.82, 2.24) is 0 Å². The van der Waals surface area contributed by atoms with Gasteiger partial charge in [0.25, 0.3) is 0 Å². The summed E-state index contributed by atoms with van der Waals surface area (Å²) in [5, 5.41) is 0. The van der Waals surface area contributed by atoms with Gasteiger partial charge in [0.15, 0.2) is 0 Å². The van der Waals surface area contributed by atoms with Crippen molar-refractivity contribution in [3.05, 3.63) is 47.5 Å². The van der Waals surface area contributed by atoms with Crippen molar-refractivity contribution in [2.24, 2.45) is 22.2 Å². The van der Waals surface area contributed by atoms with Gasteiger partial charge in [-0.3, -0.25) is 0 Å². The van der Waals surface area contributed by atoms with Gasteiger partial charge in [-0.2, -0.15) is 0 Å². The van der Waals surface area contributed by atoms with Gasteiger partial charge < -0.3 is 0 Å². The van der Waals surface area contributed by atoms with Crippen LogP contribution >= 0.6 is 0 Å². The molecular weight excluding hydrogens is 276 g/mol. The second-order valence-corrected chi connectivity index (χ2v) is 10.1. The molecule has 3 unspecified atom stereocenters. The third-order valence-electron chi connectivity index (χ3n) is 6.81. The first-order valence-electron chi connectivity index (χ1n) is 9.08. The molecule has 1 aromatic carbocycles. The summed E-state index contributed by atoms with van der Waals surface area (Å²) in [6.07, 6.45) is 3.78. The molecule has 0 bridgehead atoms. The second-order valence-electron chi connectivity index (χ2n) is 10.1. The molecule has 2 rings (SSSR count). The van der Waals surface area contributed by atoms with E-state index >= 15 is 0 Å². The predicted octanol–water partition coefficient (Wildman–Crippen LogP) is 7.01. The summed E-state index contributed by atoms with van der Waals surface area (Å²) in [6.45, 7) is 21.8. The average Bonchev–Trinajstić information content (AvgIpc) is 2.41. The van der Waals surface area contributed by atoms with Gasteiger partial charge in [-0.25, -0.2) is 0 Å². The van der Waals surface area contributed by atoms with E-state index in [1.807, 2.05) is 0 Å². The van der Waals surface area contributed by atoms with Crippen molar-refractivity contribution < 1.29 is 0 Å². The summed E-state index contributed by atoms with van der Waals surface area (Å²) in [4.78, 5) is 0. The van der Waals surface area contributed by atoms with E-state index in [0.29, 0.717) is 5.92 Å². The normalized spacial score (nSPS) is 32.6. The van der Waals surface area contributed by atoms with E-state index in [1.165, 1.54) is 12.0 Å². The smallest absolute Gasteiger partial charge is 0.00543 e. The standard InChI is InChI=1S/C23H36/c1-17-15-19(20(2,3)4)23(9,18-13-11-10-12-14-18)22(8,16-17)21(5,6)7/h10-14,16,19H,15H2,1-9H3. The third-order valence-corrected chi connectivity index (χ3v) is 6.81. The fraction of sp³-hybridized carbons (Fsp3) is 0.652. The first-order chi connectivity index (χ1) is 10.3. The highest BCUT2D eigenvalue weighted by Gasteiger charge is 2.58. The molecule has 0 aromatic heterocycles. The Hall–Kier alpha value is -1.04. The molecule has 128 valence electrons. The van der Waals surface area contributed by atoms with Gasteiger partial charge in [0.05, 0.1) is 0 Å². The van der Waals surface area contributed by atoms with Gasteiger partial charge in [-0.15, -0.1) is 0 Å². The molecule has 0 N–H and O–H groups in total. The zero-order chi connectivity index (χ0) is 17.7. The summed E-state index contributed by atoms with van der Waals surface area (Å²) in [5.74, 6) is 0.617. The molecule has 0 fully saturated rings. The number of hydrogen-bond donors (Lipinski definition) is 0. The molecule has 1 aliphatic rings. The van der Waals surface area contributed by atoms with Crippen molar-refractivity contribution in [3.63, 3.8) is 0 Å². The summed E-state index contributed by atoms with van der Waals surface area (Å²) in [6, 6.07) is 11.2. The van der Waals surface area contributed by atoms with Crippen LogP contribution in [0.2, 0.25) is 0 Å². The lowest BCUT2D eigenvalue weighted by atomic mass is 9.42. The van der Waals surface area contributed by atoms with Crippen molar-refractivity contribution >= 4 is 0 Å². The maximum Gasteiger partial charge on any atom is 0.00543 e. The Morgan fingerprint density at radius 3 is 1.87 bits per heavy atom. The molecule has 1 aromatic rings. The van der Waals surface area contributed by atoms with E-state index in [2.05, 4.69) is 98.7 Å². The lowest BCUT2D eigenvalue weighted by Gasteiger charge is -2.62. The van der Waals surface area contributed by atoms with E-state index in [1.54, 1.807) is 5.57 Å². The molecule has 0 aliphatic heterocycles. The van der Waals surface area contributed by atoms with Crippen molar-refractivity contribution in [1.29, 1.82) is 0 Å². The van der Waals surface area contributed by atoms with Crippen molar-refractivity contribution in [2.75, 3.05) is 0 Å². The maximum atomic E-state index is 2.59. The summed E-state index contributed by atoms with van der Waals surface area (Å²) < 4.78 is 0. The van der Waals surface area contributed by atoms with Crippen LogP contribution in [0.3, 0.4) is 0 Å². The molecule has 3 atom stereocenters. The minimum atomic E-state index is 0.113. The quantitative estimate of drug-likeness (QED) is 0.489. The van der Waals surface area contributed by atoms with Crippen LogP contribution in [0.15, 0.2) is 42.0 Å². The molecule has 0 nitrogen and oxygen atoms in total. The maximum absolute atomic E-state index is 2.59. The zero-order valence-electron chi connectivity index (χ0n) is 16.7. The Labute approximate surface area is 144 Å². The summed E-state index contributed by atoms with van der Waals surface area (Å²) in [7, 11) is 0. The largest absolute Gasteiger partial charge is 0.0782 e. The van der Waals surface area contributed by atoms with Gasteiger partial charge in [0, 0.05) is 10.8 Å². The molecule has 0 saturated heterocycles. The third kappa shape index (κ3) is 2.79. The molecule has 0 saturated carbocycles. The van der Waals surface area contributed by atoms with Crippen LogP contribution in [0.25, 0.3) is 0 Å². The van der Waals surface area contributed by atoms with Crippen LogP contribution in [0.4, 0.5) is 0 Å². The number of hydrogen-bond acceptors (Lipinski definition) is 0. The van der Waals surface area contributed by atoms with Crippen LogP contribution in [-0.4, -0.2) is 0 Å². The van der Waals surface area contributed by atoms with Crippen LogP contribution in [0, 0.1) is 22.2 Å². The van der Waals surface area contributed by atoms with Gasteiger partial charge >= 0.3 is 0 Å². The first kappa shape index (κ1) is 18.3. The van der Waals surface area contributed by atoms with E-state index in [9.17, 15) is 0 Å². The van der Waals surface area contributed by atoms with Crippen LogP contribution in [0.5, 0.6) is 0 Å². The fourth-order valence-electron chi connectivity index (χ4n) is 5.04. The Morgan fingerprint density at radius 1 is 0.913 bits per heavy atom. The van der Waals surface area contributed by atoms with Crippen molar-refractivity contribution in [3.8, 4) is 0 Å². The van der Waals surface area contributed by atoms with Crippen molar-refractivity contribution in [2.45, 2.75) is 74.1 Å². The highest BCUT2D eigenvalue weighted by Crippen LogP contribution is 2.64. The fourth-order valence-corrected chi connectivity index (χ4v) is 5.04. The highest BCUT2D eigenvalue weighted by molar-refractivity contribution is 5.37. The Bertz CT molecular complexity index is 579. The molecule has 0 heterocycles. The molecular formula is C23H36. The van der Waals surface area contributed by atoms with Gasteiger partial charge in [0.1, 0.15) is 0 Å². The van der Waals surface area contributed by atoms with Crippen LogP contribution < -0.4 is 0 Å². The predicted molar refractivity (Wildman–Crippen MR) is 103 cm³/mol. The Kier molecular flexibility index (Phi) is 4.38. The van der Waals surface area contributed by atoms with E-state index < -0.39 is 0 Å². The highest BCUT2D eigenvalue weighted by atomic mass is 14.6. The monoisotopic (exact) mass is 312 g/mol. The number of benzene rings is 1. The molecule has 0 heteroatoms. The minimum Gasteiger partial charge on any atom is -0.0782 e. The second kappa shape index (κ2) is 5.50. The summed E-state index contributed by atoms with van der Waals surface area (Å²) >= 11 is 0. The Balaban J connectivity index is 2.81. The summed E-state index contributed by atoms with van der Waals surface area (Å²) in [5.41, 5.74) is 3.73. The lowest BCUT2D eigenvalue weighted by Crippen LogP contribution is -2.57. The SMILES string of the molecule is CC1=CC(C)(C(C)(C)C)C(C)(c2ccccc2)C(C(C)(C)C)C1. The molecule has 1 aliphatic carbocycles. The van der Waals surface area contributed by atoms with Crippen LogP contribution in [0.1, 0.15) is 74.3 Å². The van der Waals surface area contributed by atoms with Crippen LogP contribution in [-0.2, 0) is 5.41 Å². The van der Waals surface area contributed by atoms with E-state index in [-0.39, 0.29) is 21.7 Å². The average molecular weight is 313 g/mol. The van der Waals surface area contributed by atoms with Gasteiger partial charge in [-0.1, -0.05) is 97.4 Å². The number of rotatable bonds is 1. The van der Waals surface area contributed by atoms with Gasteiger partial charge in [0.2, 0.25) is 0 Å².